The summed E-state index contributed by atoms with van der Waals surface area (Å²) < 4.78 is 10.8. The van der Waals surface area contributed by atoms with Gasteiger partial charge in [0.05, 0.1) is 27.3 Å². The highest BCUT2D eigenvalue weighted by Crippen LogP contribution is 2.28. The van der Waals surface area contributed by atoms with Gasteiger partial charge in [-0.25, -0.2) is 0 Å². The molecular weight excluding hydrogens is 436 g/mol. The van der Waals surface area contributed by atoms with E-state index in [9.17, 15) is 9.59 Å². The molecule has 0 fully saturated rings. The molecule has 6 nitrogen and oxygen atoms in total. The second kappa shape index (κ2) is 13.9. The number of benzene rings is 1. The minimum atomic E-state index is -0.0124. The zero-order valence-corrected chi connectivity index (χ0v) is 21.5. The van der Waals surface area contributed by atoms with Gasteiger partial charge >= 0.3 is 0 Å². The number of methoxy groups -OCH3 is 2. The van der Waals surface area contributed by atoms with Crippen LogP contribution in [-0.4, -0.2) is 55.5 Å². The molecule has 0 unspecified atom stereocenters. The number of carbonyl (C=O) groups excluding carboxylic acids is 2. The Morgan fingerprint density at radius 3 is 2.30 bits per heavy atom. The van der Waals surface area contributed by atoms with Crippen molar-refractivity contribution in [1.82, 2.24) is 9.80 Å². The Balaban J connectivity index is 2.16. The summed E-state index contributed by atoms with van der Waals surface area (Å²) >= 11 is 1.66. The number of unbranched alkanes of at least 4 members (excludes halogenated alkanes) is 1. The molecule has 2 amide bonds. The minimum Gasteiger partial charge on any atom is -0.493 e. The van der Waals surface area contributed by atoms with E-state index in [0.29, 0.717) is 44.0 Å². The molecule has 33 heavy (non-hydrogen) atoms. The monoisotopic (exact) mass is 474 g/mol. The molecule has 0 N–H and O–H groups in total. The average molecular weight is 475 g/mol. The smallest absolute Gasteiger partial charge is 0.242 e. The second-order valence-corrected chi connectivity index (χ2v) is 9.20. The van der Waals surface area contributed by atoms with Gasteiger partial charge in [0.2, 0.25) is 11.8 Å². The Morgan fingerprint density at radius 2 is 1.70 bits per heavy atom. The first-order chi connectivity index (χ1) is 15.9. The van der Waals surface area contributed by atoms with Crippen LogP contribution in [-0.2, 0) is 22.6 Å². The van der Waals surface area contributed by atoms with Gasteiger partial charge in [0.1, 0.15) is 0 Å². The lowest BCUT2D eigenvalue weighted by molar-refractivity contribution is -0.141. The van der Waals surface area contributed by atoms with Crippen molar-refractivity contribution in [2.75, 3.05) is 33.9 Å². The Hall–Kier alpha value is -2.54. The quantitative estimate of drug-likeness (QED) is 0.383. The number of thiophene rings is 1. The molecule has 2 aromatic rings. The summed E-state index contributed by atoms with van der Waals surface area (Å²) in [6.45, 7) is 8.03. The van der Waals surface area contributed by atoms with E-state index in [2.05, 4.69) is 25.3 Å². The maximum atomic E-state index is 13.4. The van der Waals surface area contributed by atoms with Gasteiger partial charge in [-0.3, -0.25) is 9.59 Å². The summed E-state index contributed by atoms with van der Waals surface area (Å²) in [7, 11) is 3.24. The number of hydrogen-bond donors (Lipinski definition) is 0. The SMILES string of the molecule is CCCCC(=O)N(CCC)CC(=O)N(CCc1ccc(OC)c(OC)c1)Cc1sccc1C. The summed E-state index contributed by atoms with van der Waals surface area (Å²) in [6, 6.07) is 7.92. The van der Waals surface area contributed by atoms with Gasteiger partial charge in [-0.2, -0.15) is 0 Å². The number of rotatable bonds is 14. The lowest BCUT2D eigenvalue weighted by Crippen LogP contribution is -2.43. The lowest BCUT2D eigenvalue weighted by Gasteiger charge is -2.28. The highest BCUT2D eigenvalue weighted by atomic mass is 32.1. The molecule has 0 saturated heterocycles. The summed E-state index contributed by atoms with van der Waals surface area (Å²) in [5.41, 5.74) is 2.26. The van der Waals surface area contributed by atoms with Crippen LogP contribution in [0.2, 0.25) is 0 Å². The third-order valence-corrected chi connectivity index (χ3v) is 6.70. The van der Waals surface area contributed by atoms with Gasteiger partial charge < -0.3 is 19.3 Å². The van der Waals surface area contributed by atoms with Crippen molar-refractivity contribution >= 4 is 23.2 Å². The molecule has 0 spiro atoms. The Morgan fingerprint density at radius 1 is 0.939 bits per heavy atom. The number of hydrogen-bond acceptors (Lipinski definition) is 5. The third-order valence-electron chi connectivity index (χ3n) is 5.69. The number of carbonyl (C=O) groups is 2. The topological polar surface area (TPSA) is 59.1 Å². The van der Waals surface area contributed by atoms with Gasteiger partial charge in [-0.1, -0.05) is 26.3 Å². The van der Waals surface area contributed by atoms with Crippen LogP contribution < -0.4 is 9.47 Å². The Kier molecular flexibility index (Phi) is 11.2. The molecule has 0 radical (unpaired) electrons. The lowest BCUT2D eigenvalue weighted by atomic mass is 10.1. The maximum absolute atomic E-state index is 13.4. The van der Waals surface area contributed by atoms with Crippen molar-refractivity contribution < 1.29 is 19.1 Å². The fraction of sp³-hybridized carbons (Fsp3) is 0.538. The molecule has 0 atom stereocenters. The molecule has 0 aliphatic carbocycles. The normalized spacial score (nSPS) is 10.7. The molecule has 0 bridgehead atoms. The van der Waals surface area contributed by atoms with E-state index in [0.717, 1.165) is 24.8 Å². The Bertz CT molecular complexity index is 896. The zero-order chi connectivity index (χ0) is 24.2. The van der Waals surface area contributed by atoms with Gasteiger partial charge in [-0.15, -0.1) is 11.3 Å². The van der Waals surface area contributed by atoms with Gasteiger partial charge in [-0.05, 0) is 60.9 Å². The van der Waals surface area contributed by atoms with E-state index in [-0.39, 0.29) is 18.4 Å². The van der Waals surface area contributed by atoms with Crippen LogP contribution >= 0.6 is 11.3 Å². The van der Waals surface area contributed by atoms with Gasteiger partial charge in [0.15, 0.2) is 11.5 Å². The van der Waals surface area contributed by atoms with Crippen LogP contribution in [0.1, 0.15) is 55.5 Å². The highest BCUT2D eigenvalue weighted by molar-refractivity contribution is 7.10. The molecule has 2 rings (SSSR count). The fourth-order valence-corrected chi connectivity index (χ4v) is 4.56. The van der Waals surface area contributed by atoms with E-state index in [1.807, 2.05) is 30.0 Å². The maximum Gasteiger partial charge on any atom is 0.242 e. The average Bonchev–Trinajstić information content (AvgIpc) is 3.23. The summed E-state index contributed by atoms with van der Waals surface area (Å²) in [6.07, 6.45) is 3.84. The molecule has 0 aliphatic rings. The van der Waals surface area contributed by atoms with Crippen LogP contribution in [0.5, 0.6) is 11.5 Å². The van der Waals surface area contributed by atoms with Gasteiger partial charge in [0.25, 0.3) is 0 Å². The molecule has 182 valence electrons. The molecular formula is C26H38N2O4S. The van der Waals surface area contributed by atoms with Crippen molar-refractivity contribution in [3.63, 3.8) is 0 Å². The van der Waals surface area contributed by atoms with Crippen LogP contribution in [0.15, 0.2) is 29.6 Å². The first-order valence-corrected chi connectivity index (χ1v) is 12.6. The van der Waals surface area contributed by atoms with Crippen LogP contribution in [0, 0.1) is 6.92 Å². The Labute approximate surface area is 202 Å². The van der Waals surface area contributed by atoms with Gasteiger partial charge in [0, 0.05) is 24.4 Å². The van der Waals surface area contributed by atoms with Crippen LogP contribution in [0.4, 0.5) is 0 Å². The third kappa shape index (κ3) is 8.07. The van der Waals surface area contributed by atoms with Crippen molar-refractivity contribution in [3.8, 4) is 11.5 Å². The number of amides is 2. The molecule has 1 heterocycles. The predicted molar refractivity (Wildman–Crippen MR) is 134 cm³/mol. The van der Waals surface area contributed by atoms with E-state index in [1.54, 1.807) is 30.5 Å². The van der Waals surface area contributed by atoms with Crippen molar-refractivity contribution in [3.05, 3.63) is 45.6 Å². The number of nitrogens with zero attached hydrogens (tertiary/aromatic N) is 2. The van der Waals surface area contributed by atoms with E-state index >= 15 is 0 Å². The molecule has 1 aromatic heterocycles. The van der Waals surface area contributed by atoms with E-state index < -0.39 is 0 Å². The zero-order valence-electron chi connectivity index (χ0n) is 20.7. The molecule has 0 aliphatic heterocycles. The van der Waals surface area contributed by atoms with Crippen molar-refractivity contribution in [1.29, 1.82) is 0 Å². The number of aryl methyl sites for hydroxylation is 1. The predicted octanol–water partition coefficient (Wildman–Crippen LogP) is 5.07. The summed E-state index contributed by atoms with van der Waals surface area (Å²) in [5, 5.41) is 2.05. The van der Waals surface area contributed by atoms with Crippen molar-refractivity contribution in [2.45, 2.75) is 59.4 Å². The highest BCUT2D eigenvalue weighted by Gasteiger charge is 2.22. The molecule has 0 saturated carbocycles. The fourth-order valence-electron chi connectivity index (χ4n) is 3.64. The first kappa shape index (κ1) is 26.7. The van der Waals surface area contributed by atoms with Crippen LogP contribution in [0.25, 0.3) is 0 Å². The van der Waals surface area contributed by atoms with Crippen LogP contribution in [0.3, 0.4) is 0 Å². The molecule has 7 heteroatoms. The van der Waals surface area contributed by atoms with E-state index in [1.165, 1.54) is 10.4 Å². The molecule has 1 aromatic carbocycles. The van der Waals surface area contributed by atoms with Crippen molar-refractivity contribution in [2.24, 2.45) is 0 Å². The standard InChI is InChI=1S/C26H38N2O4S/c1-6-8-9-25(29)27(14-7-2)19-26(30)28(18-24-20(3)13-16-33-24)15-12-21-10-11-22(31-4)23(17-21)32-5/h10-11,13,16-17H,6-9,12,14-15,18-19H2,1-5H3. The number of ether oxygens (including phenoxy) is 2. The first-order valence-electron chi connectivity index (χ1n) is 11.7. The second-order valence-electron chi connectivity index (χ2n) is 8.20. The minimum absolute atomic E-state index is 0.0124. The van der Waals surface area contributed by atoms with E-state index in [4.69, 9.17) is 9.47 Å². The summed E-state index contributed by atoms with van der Waals surface area (Å²) in [5.74, 6) is 1.42. The summed E-state index contributed by atoms with van der Waals surface area (Å²) in [4.78, 5) is 30.8. The largest absolute Gasteiger partial charge is 0.493 e.